The third-order valence-corrected chi connectivity index (χ3v) is 5.50. The zero-order valence-electron chi connectivity index (χ0n) is 11.3. The third-order valence-electron chi connectivity index (χ3n) is 2.69. The Kier molecular flexibility index (Phi) is 5.26. The number of hydrogen-bond donors (Lipinski definition) is 2. The molecule has 0 aliphatic rings. The summed E-state index contributed by atoms with van der Waals surface area (Å²) in [7, 11) is -2.48. The molecule has 0 fully saturated rings. The van der Waals surface area contributed by atoms with Crippen molar-refractivity contribution in [2.24, 2.45) is 0 Å². The Labute approximate surface area is 121 Å². The Morgan fingerprint density at radius 1 is 1.45 bits per heavy atom. The van der Waals surface area contributed by atoms with Gasteiger partial charge in [-0.1, -0.05) is 0 Å². The van der Waals surface area contributed by atoms with Crippen LogP contribution < -0.4 is 4.72 Å². The van der Waals surface area contributed by atoms with E-state index in [1.807, 2.05) is 0 Å². The van der Waals surface area contributed by atoms with Crippen LogP contribution in [-0.4, -0.2) is 50.4 Å². The van der Waals surface area contributed by atoms with Crippen LogP contribution in [0, 0.1) is 6.92 Å². The van der Waals surface area contributed by atoms with Crippen LogP contribution in [0.4, 0.5) is 0 Å². The number of nitrogens with zero attached hydrogens (tertiary/aromatic N) is 1. The molecule has 2 N–H and O–H groups in total. The van der Waals surface area contributed by atoms with Crippen LogP contribution in [0.2, 0.25) is 0 Å². The molecule has 1 rings (SSSR count). The molecule has 0 aliphatic carbocycles. The summed E-state index contributed by atoms with van der Waals surface area (Å²) in [5.74, 6) is -1.69. The van der Waals surface area contributed by atoms with E-state index in [0.717, 1.165) is 11.3 Å². The standard InChI is InChI=1S/C11H16N2O5S2/c1-4-13(3)8(14)5-12-20(17,18)10-7(2)6-19-9(10)11(15)16/h6,12H,4-5H2,1-3H3,(H,15,16). The lowest BCUT2D eigenvalue weighted by molar-refractivity contribution is -0.128. The van der Waals surface area contributed by atoms with E-state index >= 15 is 0 Å². The molecule has 0 bridgehead atoms. The van der Waals surface area contributed by atoms with Crippen LogP contribution in [-0.2, 0) is 14.8 Å². The summed E-state index contributed by atoms with van der Waals surface area (Å²) in [6, 6.07) is 0. The maximum atomic E-state index is 12.1. The number of carboxylic acid groups (broad SMARTS) is 1. The van der Waals surface area contributed by atoms with E-state index in [0.29, 0.717) is 12.1 Å². The molecule has 1 heterocycles. The first-order valence-electron chi connectivity index (χ1n) is 5.75. The fourth-order valence-electron chi connectivity index (χ4n) is 1.46. The number of aryl methyl sites for hydroxylation is 1. The number of likely N-dealkylation sites (N-methyl/N-ethyl adjacent to an activating group) is 1. The first-order valence-corrected chi connectivity index (χ1v) is 8.12. The minimum Gasteiger partial charge on any atom is -0.477 e. The molecular formula is C11H16N2O5S2. The van der Waals surface area contributed by atoms with Gasteiger partial charge in [0.05, 0.1) is 6.54 Å². The number of nitrogens with one attached hydrogen (secondary N) is 1. The molecule has 1 aromatic heterocycles. The monoisotopic (exact) mass is 320 g/mol. The van der Waals surface area contributed by atoms with Crippen molar-refractivity contribution in [3.8, 4) is 0 Å². The number of rotatable bonds is 6. The number of carboxylic acids is 1. The summed E-state index contributed by atoms with van der Waals surface area (Å²) in [5.41, 5.74) is 0.344. The smallest absolute Gasteiger partial charge is 0.347 e. The Hall–Kier alpha value is -1.45. The van der Waals surface area contributed by atoms with E-state index in [-0.39, 0.29) is 15.7 Å². The molecule has 0 atom stereocenters. The lowest BCUT2D eigenvalue weighted by Crippen LogP contribution is -2.38. The van der Waals surface area contributed by atoms with Crippen LogP contribution in [0.25, 0.3) is 0 Å². The molecule has 1 aromatic rings. The fourth-order valence-corrected chi connectivity index (χ4v) is 4.06. The summed E-state index contributed by atoms with van der Waals surface area (Å²) < 4.78 is 26.4. The van der Waals surface area contributed by atoms with Crippen molar-refractivity contribution in [2.75, 3.05) is 20.1 Å². The summed E-state index contributed by atoms with van der Waals surface area (Å²) in [4.78, 5) is 23.4. The van der Waals surface area contributed by atoms with E-state index in [1.54, 1.807) is 14.0 Å². The summed E-state index contributed by atoms with van der Waals surface area (Å²) in [6.45, 7) is 3.33. The van der Waals surface area contributed by atoms with E-state index < -0.39 is 22.5 Å². The highest BCUT2D eigenvalue weighted by molar-refractivity contribution is 7.89. The van der Waals surface area contributed by atoms with Crippen molar-refractivity contribution in [2.45, 2.75) is 18.7 Å². The molecule has 0 unspecified atom stereocenters. The molecule has 9 heteroatoms. The van der Waals surface area contributed by atoms with E-state index in [1.165, 1.54) is 17.2 Å². The van der Waals surface area contributed by atoms with Gasteiger partial charge in [-0.3, -0.25) is 4.79 Å². The number of thiophene rings is 1. The number of hydrogen-bond acceptors (Lipinski definition) is 5. The van der Waals surface area contributed by atoms with Gasteiger partial charge in [-0.15, -0.1) is 11.3 Å². The molecule has 20 heavy (non-hydrogen) atoms. The topological polar surface area (TPSA) is 104 Å². The van der Waals surface area contributed by atoms with Gasteiger partial charge in [0.2, 0.25) is 15.9 Å². The van der Waals surface area contributed by atoms with Gasteiger partial charge in [-0.25, -0.2) is 17.9 Å². The number of amides is 1. The van der Waals surface area contributed by atoms with E-state index in [2.05, 4.69) is 4.72 Å². The van der Waals surface area contributed by atoms with Gasteiger partial charge in [-0.2, -0.15) is 0 Å². The summed E-state index contributed by atoms with van der Waals surface area (Å²) in [6.07, 6.45) is 0. The number of aromatic carboxylic acids is 1. The number of carbonyl (C=O) groups excluding carboxylic acids is 1. The molecule has 1 amide bonds. The van der Waals surface area contributed by atoms with Crippen molar-refractivity contribution < 1.29 is 23.1 Å². The highest BCUT2D eigenvalue weighted by atomic mass is 32.2. The molecule has 0 spiro atoms. The van der Waals surface area contributed by atoms with Crippen molar-refractivity contribution in [1.29, 1.82) is 0 Å². The third kappa shape index (κ3) is 3.56. The van der Waals surface area contributed by atoms with Crippen LogP contribution in [0.15, 0.2) is 10.3 Å². The van der Waals surface area contributed by atoms with Crippen LogP contribution in [0.1, 0.15) is 22.2 Å². The predicted octanol–water partition coefficient (Wildman–Crippen LogP) is 0.511. The Morgan fingerprint density at radius 2 is 2.05 bits per heavy atom. The lowest BCUT2D eigenvalue weighted by Gasteiger charge is -2.15. The predicted molar refractivity (Wildman–Crippen MR) is 74.5 cm³/mol. The molecule has 7 nitrogen and oxygen atoms in total. The molecule has 112 valence electrons. The summed E-state index contributed by atoms with van der Waals surface area (Å²) >= 11 is 0.842. The van der Waals surface area contributed by atoms with Crippen molar-refractivity contribution >= 4 is 33.2 Å². The lowest BCUT2D eigenvalue weighted by atomic mass is 10.3. The second kappa shape index (κ2) is 6.33. The van der Waals surface area contributed by atoms with Gasteiger partial charge in [0.25, 0.3) is 0 Å². The SMILES string of the molecule is CCN(C)C(=O)CNS(=O)(=O)c1c(C)csc1C(=O)O. The van der Waals surface area contributed by atoms with Crippen LogP contribution in [0.5, 0.6) is 0 Å². The Balaban J connectivity index is 2.98. The van der Waals surface area contributed by atoms with Crippen molar-refractivity contribution in [1.82, 2.24) is 9.62 Å². The normalized spacial score (nSPS) is 11.3. The number of carbonyl (C=O) groups is 2. The van der Waals surface area contributed by atoms with Gasteiger partial charge >= 0.3 is 5.97 Å². The van der Waals surface area contributed by atoms with Gasteiger partial charge in [-0.05, 0) is 24.8 Å². The van der Waals surface area contributed by atoms with E-state index in [9.17, 15) is 18.0 Å². The molecule has 0 saturated carbocycles. The highest BCUT2D eigenvalue weighted by Gasteiger charge is 2.27. The Morgan fingerprint density at radius 3 is 2.55 bits per heavy atom. The maximum absolute atomic E-state index is 12.1. The fraction of sp³-hybridized carbons (Fsp3) is 0.455. The number of sulfonamides is 1. The minimum atomic E-state index is -4.03. The minimum absolute atomic E-state index is 0.258. The molecule has 0 aliphatic heterocycles. The molecule has 0 saturated heterocycles. The van der Waals surface area contributed by atoms with Gasteiger partial charge in [0.15, 0.2) is 0 Å². The second-order valence-electron chi connectivity index (χ2n) is 4.11. The average Bonchev–Trinajstić information content (AvgIpc) is 2.78. The largest absolute Gasteiger partial charge is 0.477 e. The first kappa shape index (κ1) is 16.6. The van der Waals surface area contributed by atoms with E-state index in [4.69, 9.17) is 5.11 Å². The van der Waals surface area contributed by atoms with Crippen LogP contribution >= 0.6 is 11.3 Å². The van der Waals surface area contributed by atoms with Crippen molar-refractivity contribution in [3.63, 3.8) is 0 Å². The second-order valence-corrected chi connectivity index (χ2v) is 6.70. The quantitative estimate of drug-likeness (QED) is 0.795. The zero-order valence-corrected chi connectivity index (χ0v) is 13.0. The highest BCUT2D eigenvalue weighted by Crippen LogP contribution is 2.26. The molecule has 0 radical (unpaired) electrons. The average molecular weight is 320 g/mol. The van der Waals surface area contributed by atoms with Gasteiger partial charge < -0.3 is 10.0 Å². The first-order chi connectivity index (χ1) is 9.20. The Bertz CT molecular complexity index is 621. The van der Waals surface area contributed by atoms with Crippen LogP contribution in [0.3, 0.4) is 0 Å². The maximum Gasteiger partial charge on any atom is 0.347 e. The zero-order chi connectivity index (χ0) is 15.5. The molecule has 0 aromatic carbocycles. The van der Waals surface area contributed by atoms with Gasteiger partial charge in [0, 0.05) is 13.6 Å². The van der Waals surface area contributed by atoms with Crippen molar-refractivity contribution in [3.05, 3.63) is 15.8 Å². The summed E-state index contributed by atoms with van der Waals surface area (Å²) in [5, 5.41) is 10.4. The molecular weight excluding hydrogens is 304 g/mol. The van der Waals surface area contributed by atoms with Gasteiger partial charge in [0.1, 0.15) is 9.77 Å².